The molecule has 23 heavy (non-hydrogen) atoms. The van der Waals surface area contributed by atoms with E-state index in [1.165, 1.54) is 29.5 Å². The fraction of sp³-hybridized carbons (Fsp3) is 0.438. The number of halogens is 1. The molecule has 2 aliphatic rings. The summed E-state index contributed by atoms with van der Waals surface area (Å²) >= 11 is 0. The molecular weight excluding hydrogens is 297 g/mol. The largest absolute Gasteiger partial charge is 0.336 e. The van der Waals surface area contributed by atoms with E-state index in [9.17, 15) is 9.18 Å². The summed E-state index contributed by atoms with van der Waals surface area (Å²) in [6.45, 7) is 1.47. The van der Waals surface area contributed by atoms with Gasteiger partial charge in [0.1, 0.15) is 5.82 Å². The summed E-state index contributed by atoms with van der Waals surface area (Å²) in [6, 6.07) is 6.78. The van der Waals surface area contributed by atoms with Gasteiger partial charge >= 0.3 is 0 Å². The van der Waals surface area contributed by atoms with Crippen molar-refractivity contribution >= 4 is 5.91 Å². The molecule has 2 atom stereocenters. The highest BCUT2D eigenvalue weighted by Crippen LogP contribution is 2.21. The second-order valence-electron chi connectivity index (χ2n) is 6.17. The molecule has 1 N–H and O–H groups in total. The van der Waals surface area contributed by atoms with Crippen molar-refractivity contribution in [1.82, 2.24) is 25.2 Å². The summed E-state index contributed by atoms with van der Waals surface area (Å²) in [5.41, 5.74) is 0.953. The molecule has 2 saturated heterocycles. The van der Waals surface area contributed by atoms with Crippen LogP contribution in [0.15, 0.2) is 30.5 Å². The molecule has 1 amide bonds. The summed E-state index contributed by atoms with van der Waals surface area (Å²) in [5.74, 6) is -0.406. The predicted molar refractivity (Wildman–Crippen MR) is 81.8 cm³/mol. The highest BCUT2D eigenvalue weighted by atomic mass is 19.1. The Morgan fingerprint density at radius 1 is 1.17 bits per heavy atom. The first-order valence-electron chi connectivity index (χ1n) is 7.92. The molecule has 2 unspecified atom stereocenters. The van der Waals surface area contributed by atoms with Crippen LogP contribution in [0.5, 0.6) is 0 Å². The maximum absolute atomic E-state index is 13.0. The molecule has 1 aromatic heterocycles. The smallest absolute Gasteiger partial charge is 0.276 e. The van der Waals surface area contributed by atoms with E-state index in [0.717, 1.165) is 25.9 Å². The van der Waals surface area contributed by atoms with E-state index in [2.05, 4.69) is 15.5 Å². The monoisotopic (exact) mass is 315 g/mol. The molecule has 4 rings (SSSR count). The number of nitrogens with zero attached hydrogens (tertiary/aromatic N) is 4. The van der Waals surface area contributed by atoms with Crippen LogP contribution in [-0.4, -0.2) is 51.0 Å². The number of nitrogens with one attached hydrogen (secondary N) is 1. The maximum atomic E-state index is 13.0. The quantitative estimate of drug-likeness (QED) is 0.909. The van der Waals surface area contributed by atoms with E-state index in [1.807, 2.05) is 4.90 Å². The Bertz CT molecular complexity index is 714. The number of hydrogen-bond acceptors (Lipinski definition) is 4. The lowest BCUT2D eigenvalue weighted by Gasteiger charge is -2.23. The Labute approximate surface area is 133 Å². The molecule has 2 aromatic rings. The van der Waals surface area contributed by atoms with Crippen molar-refractivity contribution in [3.05, 3.63) is 42.0 Å². The number of fused-ring (bicyclic) bond motifs is 2. The van der Waals surface area contributed by atoms with Gasteiger partial charge in [-0.25, -0.2) is 4.39 Å². The number of rotatable bonds is 2. The highest BCUT2D eigenvalue weighted by molar-refractivity contribution is 5.92. The second kappa shape index (κ2) is 5.73. The molecule has 2 bridgehead atoms. The van der Waals surface area contributed by atoms with E-state index >= 15 is 0 Å². The van der Waals surface area contributed by atoms with Crippen LogP contribution in [0.2, 0.25) is 0 Å². The zero-order valence-electron chi connectivity index (χ0n) is 12.7. The fourth-order valence-corrected chi connectivity index (χ4v) is 3.35. The summed E-state index contributed by atoms with van der Waals surface area (Å²) in [5, 5.41) is 11.9. The molecule has 3 heterocycles. The molecule has 2 aliphatic heterocycles. The summed E-state index contributed by atoms with van der Waals surface area (Å²) < 4.78 is 13.0. The first-order chi connectivity index (χ1) is 11.2. The second-order valence-corrected chi connectivity index (χ2v) is 6.17. The van der Waals surface area contributed by atoms with Gasteiger partial charge in [0.05, 0.1) is 11.9 Å². The van der Waals surface area contributed by atoms with E-state index in [-0.39, 0.29) is 11.7 Å². The molecular formula is C16H18FN5O. The number of amides is 1. The molecule has 0 spiro atoms. The molecule has 2 fully saturated rings. The van der Waals surface area contributed by atoms with Crippen molar-refractivity contribution < 1.29 is 9.18 Å². The van der Waals surface area contributed by atoms with E-state index < -0.39 is 0 Å². The van der Waals surface area contributed by atoms with Crippen molar-refractivity contribution in [3.63, 3.8) is 0 Å². The van der Waals surface area contributed by atoms with Crippen molar-refractivity contribution in [2.45, 2.75) is 31.3 Å². The van der Waals surface area contributed by atoms with Crippen molar-refractivity contribution in [1.29, 1.82) is 0 Å². The van der Waals surface area contributed by atoms with Gasteiger partial charge in [-0.05, 0) is 43.5 Å². The average molecular weight is 315 g/mol. The molecule has 120 valence electrons. The Kier molecular flexibility index (Phi) is 3.57. The first kappa shape index (κ1) is 14.3. The van der Waals surface area contributed by atoms with Gasteiger partial charge in [-0.3, -0.25) is 4.79 Å². The van der Waals surface area contributed by atoms with Crippen LogP contribution in [0, 0.1) is 5.82 Å². The van der Waals surface area contributed by atoms with Crippen molar-refractivity contribution in [3.8, 4) is 5.69 Å². The summed E-state index contributed by atoms with van der Waals surface area (Å²) in [6.07, 6.45) is 4.78. The Morgan fingerprint density at radius 3 is 2.78 bits per heavy atom. The van der Waals surface area contributed by atoms with Crippen LogP contribution in [0.4, 0.5) is 4.39 Å². The third-order valence-corrected chi connectivity index (χ3v) is 4.58. The number of hydrogen-bond donors (Lipinski definition) is 1. The number of carbonyl (C=O) groups is 1. The molecule has 6 nitrogen and oxygen atoms in total. The van der Waals surface area contributed by atoms with Gasteiger partial charge in [0.15, 0.2) is 5.69 Å². The Morgan fingerprint density at radius 2 is 1.96 bits per heavy atom. The minimum Gasteiger partial charge on any atom is -0.336 e. The van der Waals surface area contributed by atoms with Gasteiger partial charge in [0, 0.05) is 25.2 Å². The zero-order chi connectivity index (χ0) is 15.8. The van der Waals surface area contributed by atoms with E-state index in [1.54, 1.807) is 12.1 Å². The number of aromatic nitrogens is 3. The normalized spacial score (nSPS) is 23.8. The number of likely N-dealkylation sites (tertiary alicyclic amines) is 1. The predicted octanol–water partition coefficient (Wildman–Crippen LogP) is 1.37. The zero-order valence-corrected chi connectivity index (χ0v) is 12.7. The standard InChI is InChI=1S/C16H18FN5O/c17-11-1-5-14(6-2-11)22-18-9-15(20-22)16(23)21-8-7-12-3-4-13(10-21)19-12/h1-2,5-6,9,12-13,19H,3-4,7-8,10H2. The van der Waals surface area contributed by atoms with E-state index in [4.69, 9.17) is 0 Å². The average Bonchev–Trinajstić information content (AvgIpc) is 3.14. The lowest BCUT2D eigenvalue weighted by molar-refractivity contribution is 0.0741. The van der Waals surface area contributed by atoms with Gasteiger partial charge in [-0.2, -0.15) is 9.90 Å². The van der Waals surface area contributed by atoms with Crippen molar-refractivity contribution in [2.75, 3.05) is 13.1 Å². The SMILES string of the molecule is O=C(c1cnn(-c2ccc(F)cc2)n1)N1CCC2CCC(C1)N2. The van der Waals surface area contributed by atoms with Gasteiger partial charge < -0.3 is 10.2 Å². The van der Waals surface area contributed by atoms with Gasteiger partial charge in [0.25, 0.3) is 5.91 Å². The number of benzene rings is 1. The van der Waals surface area contributed by atoms with Gasteiger partial charge in [0.2, 0.25) is 0 Å². The lowest BCUT2D eigenvalue weighted by Crippen LogP contribution is -2.39. The molecule has 0 saturated carbocycles. The molecule has 1 aromatic carbocycles. The topological polar surface area (TPSA) is 63.1 Å². The van der Waals surface area contributed by atoms with Crippen molar-refractivity contribution in [2.24, 2.45) is 0 Å². The highest BCUT2D eigenvalue weighted by Gasteiger charge is 2.32. The van der Waals surface area contributed by atoms with Crippen LogP contribution < -0.4 is 5.32 Å². The van der Waals surface area contributed by atoms with Crippen LogP contribution >= 0.6 is 0 Å². The molecule has 0 radical (unpaired) electrons. The fourth-order valence-electron chi connectivity index (χ4n) is 3.35. The van der Waals surface area contributed by atoms with Gasteiger partial charge in [-0.15, -0.1) is 5.10 Å². The molecule has 7 heteroatoms. The maximum Gasteiger partial charge on any atom is 0.276 e. The summed E-state index contributed by atoms with van der Waals surface area (Å²) in [4.78, 5) is 15.9. The summed E-state index contributed by atoms with van der Waals surface area (Å²) in [7, 11) is 0. The minimum absolute atomic E-state index is 0.0901. The van der Waals surface area contributed by atoms with Crippen LogP contribution in [-0.2, 0) is 0 Å². The van der Waals surface area contributed by atoms with Crippen LogP contribution in [0.1, 0.15) is 29.8 Å². The molecule has 0 aliphatic carbocycles. The Balaban J connectivity index is 1.51. The third kappa shape index (κ3) is 2.84. The Hall–Kier alpha value is -2.28. The van der Waals surface area contributed by atoms with Gasteiger partial charge in [-0.1, -0.05) is 0 Å². The van der Waals surface area contributed by atoms with Crippen LogP contribution in [0.3, 0.4) is 0 Å². The minimum atomic E-state index is -0.315. The first-order valence-corrected chi connectivity index (χ1v) is 7.92. The number of carbonyl (C=O) groups excluding carboxylic acids is 1. The lowest BCUT2D eigenvalue weighted by atomic mass is 10.1. The third-order valence-electron chi connectivity index (χ3n) is 4.58. The van der Waals surface area contributed by atoms with Crippen LogP contribution in [0.25, 0.3) is 5.69 Å². The van der Waals surface area contributed by atoms with E-state index in [0.29, 0.717) is 23.5 Å².